The molecule has 0 bridgehead atoms. The molecule has 116 valence electrons. The third-order valence-corrected chi connectivity index (χ3v) is 4.10. The van der Waals surface area contributed by atoms with Gasteiger partial charge in [0.15, 0.2) is 0 Å². The normalized spacial score (nSPS) is 22.0. The van der Waals surface area contributed by atoms with E-state index in [-0.39, 0.29) is 5.69 Å². The number of likely N-dealkylation sites (tertiary alicyclic amines) is 1. The number of carboxylic acid groups (broad SMARTS) is 1. The fraction of sp³-hybridized carbons (Fsp3) is 0.571. The summed E-state index contributed by atoms with van der Waals surface area (Å²) in [5, 5.41) is 9.47. The zero-order chi connectivity index (χ0) is 15.6. The van der Waals surface area contributed by atoms with E-state index >= 15 is 0 Å². The number of hydrogen-bond acceptors (Lipinski definition) is 2. The third-order valence-electron chi connectivity index (χ3n) is 4.10. The molecule has 0 spiro atoms. The van der Waals surface area contributed by atoms with Gasteiger partial charge in [-0.15, -0.1) is 0 Å². The van der Waals surface area contributed by atoms with Crippen molar-refractivity contribution >= 4 is 11.9 Å². The van der Waals surface area contributed by atoms with Gasteiger partial charge in [-0.05, 0) is 31.4 Å². The lowest BCUT2D eigenvalue weighted by Crippen LogP contribution is -2.53. The highest BCUT2D eigenvalue weighted by Gasteiger charge is 2.49. The molecule has 1 unspecified atom stereocenters. The molecule has 0 aromatic carbocycles. The molecule has 1 fully saturated rings. The Balaban J connectivity index is 2.31. The lowest BCUT2D eigenvalue weighted by Gasteiger charge is -2.34. The lowest BCUT2D eigenvalue weighted by molar-refractivity contribution is -0.148. The maximum Gasteiger partial charge on any atom is 0.329 e. The van der Waals surface area contributed by atoms with Gasteiger partial charge in [0.05, 0.1) is 6.54 Å². The van der Waals surface area contributed by atoms with Crippen molar-refractivity contribution in [1.82, 2.24) is 9.47 Å². The summed E-state index contributed by atoms with van der Waals surface area (Å²) >= 11 is 0. The second-order valence-electron chi connectivity index (χ2n) is 5.19. The van der Waals surface area contributed by atoms with Crippen molar-refractivity contribution in [2.75, 3.05) is 6.54 Å². The minimum absolute atomic E-state index is 0.108. The van der Waals surface area contributed by atoms with Crippen LogP contribution in [0, 0.1) is 0 Å². The molecule has 1 saturated heterocycles. The number of aromatic nitrogens is 1. The Kier molecular flexibility index (Phi) is 4.29. The van der Waals surface area contributed by atoms with Crippen LogP contribution >= 0.6 is 0 Å². The Morgan fingerprint density at radius 2 is 2.19 bits per heavy atom. The number of halogens is 2. The van der Waals surface area contributed by atoms with Gasteiger partial charge in [-0.25, -0.2) is 13.6 Å². The van der Waals surface area contributed by atoms with Crippen molar-refractivity contribution in [1.29, 1.82) is 0 Å². The molecule has 1 amide bonds. The van der Waals surface area contributed by atoms with Crippen molar-refractivity contribution in [3.8, 4) is 0 Å². The predicted octanol–water partition coefficient (Wildman–Crippen LogP) is 2.22. The van der Waals surface area contributed by atoms with Crippen LogP contribution in [-0.2, 0) is 11.3 Å². The summed E-state index contributed by atoms with van der Waals surface area (Å²) < 4.78 is 26.2. The average Bonchev–Trinajstić information content (AvgIpc) is 3.03. The number of hydrogen-bond donors (Lipinski definition) is 1. The number of nitrogens with zero attached hydrogens (tertiary/aromatic N) is 2. The van der Waals surface area contributed by atoms with Crippen LogP contribution in [0.15, 0.2) is 18.3 Å². The molecule has 0 radical (unpaired) electrons. The van der Waals surface area contributed by atoms with Gasteiger partial charge < -0.3 is 14.6 Å². The molecule has 1 atom stereocenters. The van der Waals surface area contributed by atoms with Crippen LogP contribution in [0.3, 0.4) is 0 Å². The Morgan fingerprint density at radius 1 is 1.48 bits per heavy atom. The highest BCUT2D eigenvalue weighted by molar-refractivity contribution is 5.97. The first-order valence-corrected chi connectivity index (χ1v) is 6.91. The molecule has 0 aliphatic carbocycles. The molecule has 1 aliphatic heterocycles. The molecule has 2 heterocycles. The highest BCUT2D eigenvalue weighted by atomic mass is 19.3. The van der Waals surface area contributed by atoms with Crippen LogP contribution in [0.25, 0.3) is 0 Å². The molecule has 1 aromatic heterocycles. The molecule has 7 heteroatoms. The largest absolute Gasteiger partial charge is 0.479 e. The molecule has 21 heavy (non-hydrogen) atoms. The minimum atomic E-state index is -2.57. The van der Waals surface area contributed by atoms with Crippen LogP contribution < -0.4 is 0 Å². The number of alkyl halides is 2. The molecule has 1 N–H and O–H groups in total. The summed E-state index contributed by atoms with van der Waals surface area (Å²) in [5.74, 6) is -1.54. The number of carbonyl (C=O) groups is 2. The van der Waals surface area contributed by atoms with Crippen molar-refractivity contribution in [3.63, 3.8) is 0 Å². The molecular weight excluding hydrogens is 282 g/mol. The molecule has 5 nitrogen and oxygen atoms in total. The van der Waals surface area contributed by atoms with E-state index in [1.165, 1.54) is 27.8 Å². The lowest BCUT2D eigenvalue weighted by atomic mass is 9.93. The monoisotopic (exact) mass is 300 g/mol. The maximum absolute atomic E-state index is 12.6. The van der Waals surface area contributed by atoms with E-state index < -0.39 is 30.4 Å². The van der Waals surface area contributed by atoms with Crippen molar-refractivity contribution in [2.45, 2.75) is 44.7 Å². The highest BCUT2D eigenvalue weighted by Crippen LogP contribution is 2.34. The van der Waals surface area contributed by atoms with Crippen LogP contribution in [0.5, 0.6) is 0 Å². The standard InChI is InChI=1S/C14H18F2N2O3/c1-2-14(13(20)21)6-4-8-18(14)12(19)10-5-3-7-17(10)9-11(15)16/h3,5,7,11H,2,4,6,8-9H2,1H3,(H,20,21). The van der Waals surface area contributed by atoms with Crippen molar-refractivity contribution in [2.24, 2.45) is 0 Å². The van der Waals surface area contributed by atoms with E-state index in [0.29, 0.717) is 25.8 Å². The Morgan fingerprint density at radius 3 is 2.76 bits per heavy atom. The van der Waals surface area contributed by atoms with Crippen LogP contribution in [0.2, 0.25) is 0 Å². The smallest absolute Gasteiger partial charge is 0.329 e. The fourth-order valence-corrected chi connectivity index (χ4v) is 2.97. The summed E-state index contributed by atoms with van der Waals surface area (Å²) in [6.45, 7) is 1.48. The number of carbonyl (C=O) groups excluding carboxylic acids is 1. The average molecular weight is 300 g/mol. The van der Waals surface area contributed by atoms with Gasteiger partial charge >= 0.3 is 5.97 Å². The first-order valence-electron chi connectivity index (χ1n) is 6.91. The van der Waals surface area contributed by atoms with Gasteiger partial charge in [-0.1, -0.05) is 6.92 Å². The first kappa shape index (κ1) is 15.5. The van der Waals surface area contributed by atoms with Gasteiger partial charge in [0.25, 0.3) is 12.3 Å². The molecule has 1 aromatic rings. The van der Waals surface area contributed by atoms with Gasteiger partial charge in [-0.3, -0.25) is 4.79 Å². The molecule has 0 saturated carbocycles. The Hall–Kier alpha value is -1.92. The second-order valence-corrected chi connectivity index (χ2v) is 5.19. The summed E-state index contributed by atoms with van der Waals surface area (Å²) in [6, 6.07) is 2.96. The minimum Gasteiger partial charge on any atom is -0.479 e. The third kappa shape index (κ3) is 2.64. The molecule has 1 aliphatic rings. The SMILES string of the molecule is CCC1(C(=O)O)CCCN1C(=O)c1cccn1CC(F)F. The number of amides is 1. The van der Waals surface area contributed by atoms with E-state index in [0.717, 1.165) is 0 Å². The first-order chi connectivity index (χ1) is 9.92. The van der Waals surface area contributed by atoms with Crippen LogP contribution in [-0.4, -0.2) is 45.0 Å². The van der Waals surface area contributed by atoms with Crippen molar-refractivity contribution < 1.29 is 23.5 Å². The molecule has 2 rings (SSSR count). The quantitative estimate of drug-likeness (QED) is 0.907. The Bertz CT molecular complexity index is 544. The zero-order valence-electron chi connectivity index (χ0n) is 11.8. The van der Waals surface area contributed by atoms with Crippen LogP contribution in [0.4, 0.5) is 8.78 Å². The summed E-state index contributed by atoms with van der Waals surface area (Å²) in [6.07, 6.45) is 0.118. The fourth-order valence-electron chi connectivity index (χ4n) is 2.97. The van der Waals surface area contributed by atoms with E-state index in [1.807, 2.05) is 0 Å². The van der Waals surface area contributed by atoms with Gasteiger partial charge in [0, 0.05) is 12.7 Å². The number of rotatable bonds is 5. The Labute approximate surface area is 121 Å². The summed E-state index contributed by atoms with van der Waals surface area (Å²) in [4.78, 5) is 25.5. The predicted molar refractivity (Wildman–Crippen MR) is 71.4 cm³/mol. The number of carboxylic acids is 1. The topological polar surface area (TPSA) is 62.5 Å². The van der Waals surface area contributed by atoms with Gasteiger partial charge in [0.2, 0.25) is 0 Å². The zero-order valence-corrected chi connectivity index (χ0v) is 11.8. The summed E-state index contributed by atoms with van der Waals surface area (Å²) in [5.41, 5.74) is -1.12. The van der Waals surface area contributed by atoms with Gasteiger partial charge in [0.1, 0.15) is 11.2 Å². The van der Waals surface area contributed by atoms with E-state index in [1.54, 1.807) is 6.92 Å². The van der Waals surface area contributed by atoms with Crippen molar-refractivity contribution in [3.05, 3.63) is 24.0 Å². The molecular formula is C14H18F2N2O3. The van der Waals surface area contributed by atoms with E-state index in [9.17, 15) is 23.5 Å². The second kappa shape index (κ2) is 5.83. The van der Waals surface area contributed by atoms with E-state index in [4.69, 9.17) is 0 Å². The maximum atomic E-state index is 12.6. The number of aliphatic carboxylic acids is 1. The van der Waals surface area contributed by atoms with E-state index in [2.05, 4.69) is 0 Å². The summed E-state index contributed by atoms with van der Waals surface area (Å²) in [7, 11) is 0. The van der Waals surface area contributed by atoms with Crippen LogP contribution in [0.1, 0.15) is 36.7 Å². The van der Waals surface area contributed by atoms with Gasteiger partial charge in [-0.2, -0.15) is 0 Å².